The van der Waals surface area contributed by atoms with Crippen LogP contribution in [0.25, 0.3) is 0 Å². The lowest BCUT2D eigenvalue weighted by atomic mass is 10.0. The fourth-order valence-corrected chi connectivity index (χ4v) is 2.21. The highest BCUT2D eigenvalue weighted by molar-refractivity contribution is 4.93. The van der Waals surface area contributed by atoms with Crippen LogP contribution in [0.5, 0.6) is 0 Å². The largest absolute Gasteiger partial charge is 0.378 e. The summed E-state index contributed by atoms with van der Waals surface area (Å²) in [6, 6.07) is 0. The van der Waals surface area contributed by atoms with E-state index in [9.17, 15) is 0 Å². The van der Waals surface area contributed by atoms with Gasteiger partial charge in [0.2, 0.25) is 0 Å². The van der Waals surface area contributed by atoms with Gasteiger partial charge in [-0.1, -0.05) is 32.6 Å². The van der Waals surface area contributed by atoms with E-state index in [1.807, 2.05) is 0 Å². The van der Waals surface area contributed by atoms with Crippen molar-refractivity contribution < 1.29 is 4.74 Å². The van der Waals surface area contributed by atoms with E-state index in [0.29, 0.717) is 11.5 Å². The standard InChI is InChI=1S/C14H29NO/c1-3-4-5-6-7-13(2)16-12-14(8-9-14)10-11-15/h13H,3-12,15H2,1-2H3. The molecule has 0 amide bonds. The Morgan fingerprint density at radius 3 is 2.56 bits per heavy atom. The third-order valence-corrected chi connectivity index (χ3v) is 3.77. The lowest BCUT2D eigenvalue weighted by Gasteiger charge is -2.18. The molecular weight excluding hydrogens is 198 g/mol. The molecule has 1 saturated carbocycles. The van der Waals surface area contributed by atoms with Gasteiger partial charge in [0.25, 0.3) is 0 Å². The second kappa shape index (κ2) is 7.29. The summed E-state index contributed by atoms with van der Waals surface area (Å²) < 4.78 is 5.95. The van der Waals surface area contributed by atoms with Gasteiger partial charge in [0, 0.05) is 0 Å². The van der Waals surface area contributed by atoms with Gasteiger partial charge in [0.05, 0.1) is 12.7 Å². The molecular formula is C14H29NO. The summed E-state index contributed by atoms with van der Waals surface area (Å²) in [4.78, 5) is 0. The molecule has 0 heterocycles. The lowest BCUT2D eigenvalue weighted by molar-refractivity contribution is 0.0252. The normalized spacial score (nSPS) is 19.7. The van der Waals surface area contributed by atoms with Crippen molar-refractivity contribution in [1.29, 1.82) is 0 Å². The number of hydrogen-bond donors (Lipinski definition) is 1. The molecule has 0 aliphatic heterocycles. The molecule has 0 aromatic carbocycles. The van der Waals surface area contributed by atoms with E-state index < -0.39 is 0 Å². The number of nitrogens with two attached hydrogens (primary N) is 1. The molecule has 16 heavy (non-hydrogen) atoms. The summed E-state index contributed by atoms with van der Waals surface area (Å²) in [5.74, 6) is 0. The summed E-state index contributed by atoms with van der Waals surface area (Å²) in [6.45, 7) is 6.22. The van der Waals surface area contributed by atoms with Gasteiger partial charge in [-0.05, 0) is 44.6 Å². The zero-order valence-corrected chi connectivity index (χ0v) is 11.1. The topological polar surface area (TPSA) is 35.2 Å². The van der Waals surface area contributed by atoms with Gasteiger partial charge in [-0.3, -0.25) is 0 Å². The van der Waals surface area contributed by atoms with Crippen LogP contribution >= 0.6 is 0 Å². The van der Waals surface area contributed by atoms with Gasteiger partial charge < -0.3 is 10.5 Å². The molecule has 1 unspecified atom stereocenters. The first-order chi connectivity index (χ1) is 7.72. The lowest BCUT2D eigenvalue weighted by Crippen LogP contribution is -2.19. The predicted octanol–water partition coefficient (Wildman–Crippen LogP) is 3.49. The minimum atomic E-state index is 0.437. The molecule has 0 spiro atoms. The molecule has 2 heteroatoms. The second-order valence-electron chi connectivity index (χ2n) is 5.51. The number of hydrogen-bond acceptors (Lipinski definition) is 2. The fourth-order valence-electron chi connectivity index (χ4n) is 2.21. The number of rotatable bonds is 10. The van der Waals surface area contributed by atoms with E-state index in [1.165, 1.54) is 44.9 Å². The van der Waals surface area contributed by atoms with Crippen molar-refractivity contribution in [2.75, 3.05) is 13.2 Å². The van der Waals surface area contributed by atoms with Crippen molar-refractivity contribution in [2.24, 2.45) is 11.1 Å². The summed E-state index contributed by atoms with van der Waals surface area (Å²) in [7, 11) is 0. The van der Waals surface area contributed by atoms with E-state index >= 15 is 0 Å². The Hall–Kier alpha value is -0.0800. The highest BCUT2D eigenvalue weighted by Crippen LogP contribution is 2.48. The molecule has 1 fully saturated rings. The van der Waals surface area contributed by atoms with Gasteiger partial charge in [-0.25, -0.2) is 0 Å². The molecule has 2 nitrogen and oxygen atoms in total. The van der Waals surface area contributed by atoms with Crippen LogP contribution in [0, 0.1) is 5.41 Å². The summed E-state index contributed by atoms with van der Waals surface area (Å²) in [5, 5.41) is 0. The highest BCUT2D eigenvalue weighted by atomic mass is 16.5. The molecule has 1 aliphatic rings. The first-order valence-electron chi connectivity index (χ1n) is 7.04. The van der Waals surface area contributed by atoms with E-state index in [-0.39, 0.29) is 0 Å². The molecule has 2 N–H and O–H groups in total. The van der Waals surface area contributed by atoms with E-state index in [1.54, 1.807) is 0 Å². The predicted molar refractivity (Wildman–Crippen MR) is 69.5 cm³/mol. The maximum atomic E-state index is 5.95. The third-order valence-electron chi connectivity index (χ3n) is 3.77. The monoisotopic (exact) mass is 227 g/mol. The zero-order chi connectivity index (χ0) is 11.9. The van der Waals surface area contributed by atoms with Crippen LogP contribution in [0.1, 0.15) is 65.2 Å². The SMILES string of the molecule is CCCCCCC(C)OCC1(CCN)CC1. The Morgan fingerprint density at radius 1 is 1.25 bits per heavy atom. The van der Waals surface area contributed by atoms with Gasteiger partial charge in [0.1, 0.15) is 0 Å². The Bertz CT molecular complexity index is 178. The minimum Gasteiger partial charge on any atom is -0.378 e. The van der Waals surface area contributed by atoms with Crippen molar-refractivity contribution in [2.45, 2.75) is 71.3 Å². The molecule has 1 rings (SSSR count). The fraction of sp³-hybridized carbons (Fsp3) is 1.00. The van der Waals surface area contributed by atoms with Crippen molar-refractivity contribution in [1.82, 2.24) is 0 Å². The molecule has 96 valence electrons. The quantitative estimate of drug-likeness (QED) is 0.580. The van der Waals surface area contributed by atoms with Crippen molar-refractivity contribution in [3.8, 4) is 0 Å². The molecule has 1 atom stereocenters. The van der Waals surface area contributed by atoms with E-state index in [2.05, 4.69) is 13.8 Å². The smallest absolute Gasteiger partial charge is 0.0547 e. The Kier molecular flexibility index (Phi) is 6.37. The third kappa shape index (κ3) is 5.31. The van der Waals surface area contributed by atoms with Gasteiger partial charge in [0.15, 0.2) is 0 Å². The van der Waals surface area contributed by atoms with E-state index in [4.69, 9.17) is 10.5 Å². The average Bonchev–Trinajstić information content (AvgIpc) is 3.03. The molecule has 0 radical (unpaired) electrons. The Morgan fingerprint density at radius 2 is 2.00 bits per heavy atom. The second-order valence-corrected chi connectivity index (χ2v) is 5.51. The van der Waals surface area contributed by atoms with Crippen molar-refractivity contribution >= 4 is 0 Å². The Labute approximate surface area is 101 Å². The maximum Gasteiger partial charge on any atom is 0.0547 e. The van der Waals surface area contributed by atoms with E-state index in [0.717, 1.165) is 19.6 Å². The minimum absolute atomic E-state index is 0.437. The molecule has 0 aromatic rings. The van der Waals surface area contributed by atoms with Crippen LogP contribution in [0.4, 0.5) is 0 Å². The van der Waals surface area contributed by atoms with Gasteiger partial charge in [-0.15, -0.1) is 0 Å². The summed E-state index contributed by atoms with van der Waals surface area (Å²) in [5.41, 5.74) is 6.10. The van der Waals surface area contributed by atoms with Crippen LogP contribution in [0.2, 0.25) is 0 Å². The first kappa shape index (κ1) is 14.0. The van der Waals surface area contributed by atoms with Gasteiger partial charge >= 0.3 is 0 Å². The first-order valence-corrected chi connectivity index (χ1v) is 7.04. The van der Waals surface area contributed by atoms with Crippen LogP contribution in [0.3, 0.4) is 0 Å². The maximum absolute atomic E-state index is 5.95. The van der Waals surface area contributed by atoms with Crippen LogP contribution in [-0.4, -0.2) is 19.3 Å². The number of unbranched alkanes of at least 4 members (excludes halogenated alkanes) is 3. The highest BCUT2D eigenvalue weighted by Gasteiger charge is 2.42. The van der Waals surface area contributed by atoms with Crippen molar-refractivity contribution in [3.05, 3.63) is 0 Å². The summed E-state index contributed by atoms with van der Waals surface area (Å²) in [6.07, 6.45) is 10.8. The number of ether oxygens (including phenoxy) is 1. The average molecular weight is 227 g/mol. The Balaban J connectivity index is 1.99. The van der Waals surface area contributed by atoms with Crippen LogP contribution < -0.4 is 5.73 Å². The van der Waals surface area contributed by atoms with Gasteiger partial charge in [-0.2, -0.15) is 0 Å². The molecule has 0 bridgehead atoms. The van der Waals surface area contributed by atoms with Crippen LogP contribution in [-0.2, 0) is 4.74 Å². The van der Waals surface area contributed by atoms with Crippen LogP contribution in [0.15, 0.2) is 0 Å². The molecule has 0 aromatic heterocycles. The molecule has 1 aliphatic carbocycles. The zero-order valence-electron chi connectivity index (χ0n) is 11.1. The summed E-state index contributed by atoms with van der Waals surface area (Å²) >= 11 is 0. The molecule has 0 saturated heterocycles. The van der Waals surface area contributed by atoms with Crippen molar-refractivity contribution in [3.63, 3.8) is 0 Å².